The number of pyridine rings is 1. The van der Waals surface area contributed by atoms with Crippen LogP contribution in [0, 0.1) is 0 Å². The first-order chi connectivity index (χ1) is 9.34. The molecule has 0 aliphatic rings. The van der Waals surface area contributed by atoms with Gasteiger partial charge in [-0.15, -0.1) is 0 Å². The second-order valence-electron chi connectivity index (χ2n) is 4.70. The van der Waals surface area contributed by atoms with Crippen molar-refractivity contribution >= 4 is 31.8 Å². The summed E-state index contributed by atoms with van der Waals surface area (Å²) in [4.78, 5) is 4.25. The molecule has 0 radical (unpaired) electrons. The lowest BCUT2D eigenvalue weighted by Crippen LogP contribution is -2.47. The molecule has 0 spiro atoms. The highest BCUT2D eigenvalue weighted by molar-refractivity contribution is 9.10. The van der Waals surface area contributed by atoms with Gasteiger partial charge in [-0.2, -0.15) is 0 Å². The highest BCUT2D eigenvalue weighted by Crippen LogP contribution is 2.27. The van der Waals surface area contributed by atoms with Gasteiger partial charge >= 0.3 is 0 Å². The summed E-state index contributed by atoms with van der Waals surface area (Å²) in [5.74, 6) is 0.345. The van der Waals surface area contributed by atoms with Gasteiger partial charge in [0.1, 0.15) is 10.7 Å². The van der Waals surface area contributed by atoms with E-state index in [-0.39, 0.29) is 4.90 Å². The third-order valence-corrected chi connectivity index (χ3v) is 5.75. The number of hydrogen-bond donors (Lipinski definition) is 2. The van der Waals surface area contributed by atoms with E-state index in [0.717, 1.165) is 19.3 Å². The van der Waals surface area contributed by atoms with Crippen molar-refractivity contribution in [3.63, 3.8) is 0 Å². The zero-order valence-corrected chi connectivity index (χ0v) is 14.7. The number of rotatable bonds is 7. The smallest absolute Gasteiger partial charge is 0.244 e. The molecule has 1 heterocycles. The quantitative estimate of drug-likeness (QED) is 0.780. The molecule has 2 N–H and O–H groups in total. The molecule has 7 heteroatoms. The molecule has 0 amide bonds. The molecule has 5 nitrogen and oxygen atoms in total. The number of halogens is 1. The minimum atomic E-state index is -3.62. The van der Waals surface area contributed by atoms with E-state index < -0.39 is 15.6 Å². The minimum absolute atomic E-state index is 0.161. The number of nitrogens with one attached hydrogen (secondary N) is 2. The maximum atomic E-state index is 12.6. The normalized spacial score (nSPS) is 12.4. The summed E-state index contributed by atoms with van der Waals surface area (Å²) in [5, 5.41) is 2.82. The average molecular weight is 364 g/mol. The fourth-order valence-electron chi connectivity index (χ4n) is 2.12. The molecule has 0 bridgehead atoms. The van der Waals surface area contributed by atoms with Gasteiger partial charge in [0.15, 0.2) is 0 Å². The summed E-state index contributed by atoms with van der Waals surface area (Å²) in [7, 11) is -1.97. The van der Waals surface area contributed by atoms with E-state index >= 15 is 0 Å². The standard InChI is InChI=1S/C13H22BrN3O2S/c1-5-13(6-2,7-3)17-20(18,19)11-8-10(14)9-16-12(11)15-4/h8-9,17H,5-7H2,1-4H3,(H,15,16). The fraction of sp³-hybridized carbons (Fsp3) is 0.615. The first-order valence-electron chi connectivity index (χ1n) is 6.71. The summed E-state index contributed by atoms with van der Waals surface area (Å²) in [6.45, 7) is 5.98. The van der Waals surface area contributed by atoms with Crippen LogP contribution in [0.1, 0.15) is 40.0 Å². The van der Waals surface area contributed by atoms with Crippen LogP contribution < -0.4 is 10.0 Å². The highest BCUT2D eigenvalue weighted by Gasteiger charge is 2.32. The maximum Gasteiger partial charge on any atom is 0.244 e. The van der Waals surface area contributed by atoms with Crippen LogP contribution in [-0.4, -0.2) is 26.0 Å². The van der Waals surface area contributed by atoms with E-state index in [1.165, 1.54) is 0 Å². The van der Waals surface area contributed by atoms with Crippen molar-refractivity contribution in [1.82, 2.24) is 9.71 Å². The number of sulfonamides is 1. The zero-order chi connectivity index (χ0) is 15.4. The van der Waals surface area contributed by atoms with Crippen LogP contribution in [0.25, 0.3) is 0 Å². The van der Waals surface area contributed by atoms with E-state index in [9.17, 15) is 8.42 Å². The topological polar surface area (TPSA) is 71.1 Å². The monoisotopic (exact) mass is 363 g/mol. The Labute approximate surface area is 129 Å². The van der Waals surface area contributed by atoms with Crippen molar-refractivity contribution < 1.29 is 8.42 Å². The van der Waals surface area contributed by atoms with Crippen molar-refractivity contribution in [3.8, 4) is 0 Å². The Morgan fingerprint density at radius 3 is 2.25 bits per heavy atom. The molecule has 0 aliphatic carbocycles. The van der Waals surface area contributed by atoms with Crippen molar-refractivity contribution in [3.05, 3.63) is 16.7 Å². The SMILES string of the molecule is CCC(CC)(CC)NS(=O)(=O)c1cc(Br)cnc1NC. The van der Waals surface area contributed by atoms with Gasteiger partial charge in [-0.25, -0.2) is 18.1 Å². The maximum absolute atomic E-state index is 12.6. The van der Waals surface area contributed by atoms with Gasteiger partial charge in [0, 0.05) is 23.3 Å². The third-order valence-electron chi connectivity index (χ3n) is 3.73. The molecule has 0 aromatic carbocycles. The number of aromatic nitrogens is 1. The Morgan fingerprint density at radius 1 is 1.25 bits per heavy atom. The van der Waals surface area contributed by atoms with Crippen LogP contribution in [0.5, 0.6) is 0 Å². The lowest BCUT2D eigenvalue weighted by Gasteiger charge is -2.31. The summed E-state index contributed by atoms with van der Waals surface area (Å²) < 4.78 is 28.8. The van der Waals surface area contributed by atoms with Gasteiger partial charge < -0.3 is 5.32 Å². The Morgan fingerprint density at radius 2 is 1.80 bits per heavy atom. The summed E-state index contributed by atoms with van der Waals surface area (Å²) in [6.07, 6.45) is 3.80. The van der Waals surface area contributed by atoms with Crippen LogP contribution in [0.3, 0.4) is 0 Å². The molecule has 20 heavy (non-hydrogen) atoms. The van der Waals surface area contributed by atoms with Crippen molar-refractivity contribution in [2.24, 2.45) is 0 Å². The fourth-order valence-corrected chi connectivity index (χ4v) is 4.41. The summed E-state index contributed by atoms with van der Waals surface area (Å²) >= 11 is 3.27. The summed E-state index contributed by atoms with van der Waals surface area (Å²) in [5.41, 5.74) is -0.411. The van der Waals surface area contributed by atoms with Crippen LogP contribution in [0.2, 0.25) is 0 Å². The van der Waals surface area contributed by atoms with Gasteiger partial charge in [0.25, 0.3) is 0 Å². The van der Waals surface area contributed by atoms with Crippen LogP contribution in [-0.2, 0) is 10.0 Å². The van der Waals surface area contributed by atoms with Crippen LogP contribution >= 0.6 is 15.9 Å². The Hall–Kier alpha value is -0.660. The van der Waals surface area contributed by atoms with E-state index in [1.807, 2.05) is 20.8 Å². The molecule has 114 valence electrons. The average Bonchev–Trinajstić information content (AvgIpc) is 2.45. The first-order valence-corrected chi connectivity index (χ1v) is 8.99. The van der Waals surface area contributed by atoms with Crippen molar-refractivity contribution in [1.29, 1.82) is 0 Å². The molecule has 0 saturated carbocycles. The number of hydrogen-bond acceptors (Lipinski definition) is 4. The Kier molecular flexibility index (Phi) is 5.97. The van der Waals surface area contributed by atoms with Crippen LogP contribution in [0.15, 0.2) is 21.6 Å². The second kappa shape index (κ2) is 6.87. The molecule has 1 aromatic heterocycles. The first kappa shape index (κ1) is 17.4. The van der Waals surface area contributed by atoms with Crippen molar-refractivity contribution in [2.45, 2.75) is 50.5 Å². The number of nitrogens with zero attached hydrogens (tertiary/aromatic N) is 1. The molecule has 0 atom stereocenters. The molecule has 0 fully saturated rings. The van der Waals surface area contributed by atoms with E-state index in [2.05, 4.69) is 31.0 Å². The van der Waals surface area contributed by atoms with Crippen molar-refractivity contribution in [2.75, 3.05) is 12.4 Å². The van der Waals surface area contributed by atoms with E-state index in [0.29, 0.717) is 10.3 Å². The second-order valence-corrected chi connectivity index (χ2v) is 7.26. The molecular weight excluding hydrogens is 342 g/mol. The van der Waals surface area contributed by atoms with E-state index in [1.54, 1.807) is 19.3 Å². The molecule has 1 aromatic rings. The number of anilines is 1. The lowest BCUT2D eigenvalue weighted by atomic mass is 9.91. The largest absolute Gasteiger partial charge is 0.372 e. The van der Waals surface area contributed by atoms with Gasteiger partial charge in [-0.1, -0.05) is 20.8 Å². The molecule has 0 unspecified atom stereocenters. The highest BCUT2D eigenvalue weighted by atomic mass is 79.9. The molecule has 0 saturated heterocycles. The Bertz CT molecular complexity index is 548. The van der Waals surface area contributed by atoms with E-state index in [4.69, 9.17) is 0 Å². The minimum Gasteiger partial charge on any atom is -0.372 e. The Balaban J connectivity index is 3.27. The predicted molar refractivity (Wildman–Crippen MR) is 85.4 cm³/mol. The van der Waals surface area contributed by atoms with Crippen LogP contribution in [0.4, 0.5) is 5.82 Å². The predicted octanol–water partition coefficient (Wildman–Crippen LogP) is 3.13. The molecule has 1 rings (SSSR count). The third kappa shape index (κ3) is 3.71. The van der Waals surface area contributed by atoms with Gasteiger partial charge in [-0.05, 0) is 41.3 Å². The molecular formula is C13H22BrN3O2S. The van der Waals surface area contributed by atoms with Gasteiger partial charge in [0.05, 0.1) is 0 Å². The lowest BCUT2D eigenvalue weighted by molar-refractivity contribution is 0.342. The molecule has 0 aliphatic heterocycles. The van der Waals surface area contributed by atoms with Gasteiger partial charge in [-0.3, -0.25) is 0 Å². The van der Waals surface area contributed by atoms with Gasteiger partial charge in [0.2, 0.25) is 10.0 Å². The zero-order valence-electron chi connectivity index (χ0n) is 12.3. The summed E-state index contributed by atoms with van der Waals surface area (Å²) in [6, 6.07) is 1.56.